The van der Waals surface area contributed by atoms with E-state index in [1.54, 1.807) is 0 Å². The second-order valence-electron chi connectivity index (χ2n) is 6.65. The van der Waals surface area contributed by atoms with Crippen LogP contribution in [0.25, 0.3) is 0 Å². The standard InChI is InChI=1S/C14H25NO3/c1-13(2)9-4-6-14(13,3)11(8-9)18-12(17)10(15)5-7-16/h9-11,16H,4-8,15H2,1-3H3/t9?,10-,11?,14?/m1/s1. The summed E-state index contributed by atoms with van der Waals surface area (Å²) in [5, 5.41) is 8.80. The van der Waals surface area contributed by atoms with Crippen molar-refractivity contribution in [2.24, 2.45) is 22.5 Å². The fourth-order valence-electron chi connectivity index (χ4n) is 3.79. The first-order valence-electron chi connectivity index (χ1n) is 6.90. The summed E-state index contributed by atoms with van der Waals surface area (Å²) in [6.07, 6.45) is 3.58. The number of hydrogen-bond acceptors (Lipinski definition) is 4. The molecule has 2 aliphatic rings. The van der Waals surface area contributed by atoms with E-state index in [0.717, 1.165) is 12.8 Å². The fraction of sp³-hybridized carbons (Fsp3) is 0.929. The summed E-state index contributed by atoms with van der Waals surface area (Å²) >= 11 is 0. The third-order valence-corrected chi connectivity index (χ3v) is 5.72. The van der Waals surface area contributed by atoms with Crippen LogP contribution >= 0.6 is 0 Å². The topological polar surface area (TPSA) is 72.5 Å². The van der Waals surface area contributed by atoms with Gasteiger partial charge in [-0.3, -0.25) is 4.79 Å². The van der Waals surface area contributed by atoms with Gasteiger partial charge in [0.05, 0.1) is 0 Å². The maximum atomic E-state index is 11.9. The quantitative estimate of drug-likeness (QED) is 0.746. The minimum atomic E-state index is -0.694. The van der Waals surface area contributed by atoms with Crippen molar-refractivity contribution in [2.75, 3.05) is 6.61 Å². The minimum Gasteiger partial charge on any atom is -0.461 e. The monoisotopic (exact) mass is 255 g/mol. The summed E-state index contributed by atoms with van der Waals surface area (Å²) in [7, 11) is 0. The van der Waals surface area contributed by atoms with Crippen LogP contribution in [0.4, 0.5) is 0 Å². The van der Waals surface area contributed by atoms with Crippen molar-refractivity contribution >= 4 is 5.97 Å². The molecule has 104 valence electrons. The lowest BCUT2D eigenvalue weighted by Crippen LogP contribution is -2.42. The van der Waals surface area contributed by atoms with Crippen LogP contribution < -0.4 is 5.73 Å². The number of carbonyl (C=O) groups excluding carboxylic acids is 1. The molecule has 0 amide bonds. The Hall–Kier alpha value is -0.610. The highest BCUT2D eigenvalue weighted by Crippen LogP contribution is 2.66. The first kappa shape index (κ1) is 13.8. The molecule has 0 radical (unpaired) electrons. The zero-order valence-electron chi connectivity index (χ0n) is 11.6. The van der Waals surface area contributed by atoms with Gasteiger partial charge in [-0.2, -0.15) is 0 Å². The summed E-state index contributed by atoms with van der Waals surface area (Å²) in [6, 6.07) is -0.694. The van der Waals surface area contributed by atoms with Crippen LogP contribution in [0.5, 0.6) is 0 Å². The lowest BCUT2D eigenvalue weighted by Gasteiger charge is -2.38. The number of esters is 1. The number of aliphatic hydroxyl groups is 1. The second kappa shape index (κ2) is 4.49. The molecule has 4 nitrogen and oxygen atoms in total. The second-order valence-corrected chi connectivity index (χ2v) is 6.65. The third kappa shape index (κ3) is 1.86. The van der Waals surface area contributed by atoms with Crippen molar-refractivity contribution in [2.45, 2.75) is 58.6 Å². The van der Waals surface area contributed by atoms with Gasteiger partial charge in [0.1, 0.15) is 12.1 Å². The molecule has 4 heteroatoms. The molecule has 0 aromatic carbocycles. The highest BCUT2D eigenvalue weighted by atomic mass is 16.5. The van der Waals surface area contributed by atoms with Gasteiger partial charge in [-0.05, 0) is 37.0 Å². The molecule has 0 heterocycles. The highest BCUT2D eigenvalue weighted by Gasteiger charge is 2.62. The van der Waals surface area contributed by atoms with Crippen molar-refractivity contribution in [1.29, 1.82) is 0 Å². The van der Waals surface area contributed by atoms with Crippen LogP contribution in [0, 0.1) is 16.7 Å². The number of fused-ring (bicyclic) bond motifs is 2. The Morgan fingerprint density at radius 2 is 2.17 bits per heavy atom. The molecule has 4 atom stereocenters. The van der Waals surface area contributed by atoms with E-state index >= 15 is 0 Å². The van der Waals surface area contributed by atoms with Crippen LogP contribution in [0.15, 0.2) is 0 Å². The molecule has 2 aliphatic carbocycles. The molecule has 0 spiro atoms. The molecule has 18 heavy (non-hydrogen) atoms. The third-order valence-electron chi connectivity index (χ3n) is 5.72. The Balaban J connectivity index is 2.03. The summed E-state index contributed by atoms with van der Waals surface area (Å²) in [6.45, 7) is 6.72. The van der Waals surface area contributed by atoms with Crippen molar-refractivity contribution in [1.82, 2.24) is 0 Å². The predicted octanol–water partition coefficient (Wildman–Crippen LogP) is 1.45. The molecule has 3 N–H and O–H groups in total. The predicted molar refractivity (Wildman–Crippen MR) is 68.8 cm³/mol. The van der Waals surface area contributed by atoms with E-state index in [0.29, 0.717) is 5.92 Å². The molecular weight excluding hydrogens is 230 g/mol. The van der Waals surface area contributed by atoms with E-state index in [1.807, 2.05) is 0 Å². The summed E-state index contributed by atoms with van der Waals surface area (Å²) in [4.78, 5) is 11.9. The molecule has 0 aromatic heterocycles. The Kier molecular flexibility index (Phi) is 3.45. The molecule has 0 aromatic rings. The maximum Gasteiger partial charge on any atom is 0.323 e. The number of aliphatic hydroxyl groups excluding tert-OH is 1. The zero-order chi connectivity index (χ0) is 13.6. The van der Waals surface area contributed by atoms with Gasteiger partial charge in [0.15, 0.2) is 0 Å². The normalized spacial score (nSPS) is 38.7. The van der Waals surface area contributed by atoms with Crippen LogP contribution in [-0.2, 0) is 9.53 Å². The first-order chi connectivity index (χ1) is 8.33. The highest BCUT2D eigenvalue weighted by molar-refractivity contribution is 5.75. The largest absolute Gasteiger partial charge is 0.461 e. The van der Waals surface area contributed by atoms with E-state index in [1.165, 1.54) is 6.42 Å². The van der Waals surface area contributed by atoms with Crippen molar-refractivity contribution in [3.05, 3.63) is 0 Å². The van der Waals surface area contributed by atoms with Crippen molar-refractivity contribution < 1.29 is 14.6 Å². The van der Waals surface area contributed by atoms with Gasteiger partial charge in [-0.1, -0.05) is 20.8 Å². The molecule has 3 unspecified atom stereocenters. The van der Waals surface area contributed by atoms with Gasteiger partial charge in [0.2, 0.25) is 0 Å². The van der Waals surface area contributed by atoms with Crippen LogP contribution in [0.1, 0.15) is 46.5 Å². The SMILES string of the molecule is CC1(C)C2CCC1(C)C(OC(=O)[C@H](N)CCO)C2. The smallest absolute Gasteiger partial charge is 0.323 e. The van der Waals surface area contributed by atoms with E-state index in [9.17, 15) is 4.79 Å². The van der Waals surface area contributed by atoms with Crippen molar-refractivity contribution in [3.8, 4) is 0 Å². The van der Waals surface area contributed by atoms with Crippen LogP contribution in [0.3, 0.4) is 0 Å². The summed E-state index contributed by atoms with van der Waals surface area (Å²) < 4.78 is 5.62. The number of rotatable bonds is 4. The molecule has 2 saturated carbocycles. The van der Waals surface area contributed by atoms with Gasteiger partial charge < -0.3 is 15.6 Å². The average Bonchev–Trinajstić information content (AvgIpc) is 2.62. The van der Waals surface area contributed by atoms with E-state index in [4.69, 9.17) is 15.6 Å². The lowest BCUT2D eigenvalue weighted by atomic mass is 9.70. The van der Waals surface area contributed by atoms with Crippen LogP contribution in [0.2, 0.25) is 0 Å². The summed E-state index contributed by atoms with van der Waals surface area (Å²) in [5.74, 6) is 0.285. The fourth-order valence-corrected chi connectivity index (χ4v) is 3.79. The minimum absolute atomic E-state index is 0.0107. The average molecular weight is 255 g/mol. The van der Waals surface area contributed by atoms with E-state index < -0.39 is 6.04 Å². The zero-order valence-corrected chi connectivity index (χ0v) is 11.6. The molecule has 2 bridgehead atoms. The van der Waals surface area contributed by atoms with Gasteiger partial charge in [-0.15, -0.1) is 0 Å². The van der Waals surface area contributed by atoms with Gasteiger partial charge in [-0.25, -0.2) is 0 Å². The van der Waals surface area contributed by atoms with Gasteiger partial charge in [0, 0.05) is 12.0 Å². The molecule has 0 aliphatic heterocycles. The van der Waals surface area contributed by atoms with Gasteiger partial charge >= 0.3 is 5.97 Å². The summed E-state index contributed by atoms with van der Waals surface area (Å²) in [5.41, 5.74) is 5.99. The van der Waals surface area contributed by atoms with E-state index in [-0.39, 0.29) is 35.9 Å². The van der Waals surface area contributed by atoms with Gasteiger partial charge in [0.25, 0.3) is 0 Å². The number of carbonyl (C=O) groups is 1. The Bertz CT molecular complexity index is 342. The Morgan fingerprint density at radius 1 is 1.50 bits per heavy atom. The number of hydrogen-bond donors (Lipinski definition) is 2. The lowest BCUT2D eigenvalue weighted by molar-refractivity contribution is -0.158. The van der Waals surface area contributed by atoms with Crippen LogP contribution in [-0.4, -0.2) is 29.8 Å². The maximum absolute atomic E-state index is 11.9. The molecule has 2 rings (SSSR count). The Labute approximate surface area is 109 Å². The van der Waals surface area contributed by atoms with E-state index in [2.05, 4.69) is 20.8 Å². The van der Waals surface area contributed by atoms with Crippen molar-refractivity contribution in [3.63, 3.8) is 0 Å². The molecule has 0 saturated heterocycles. The molecular formula is C14H25NO3. The number of ether oxygens (including phenoxy) is 1. The Morgan fingerprint density at radius 3 is 2.61 bits per heavy atom. The molecule has 2 fully saturated rings. The number of nitrogens with two attached hydrogens (primary N) is 1. The first-order valence-corrected chi connectivity index (χ1v) is 6.90.